The number of ketones is 1. The zero-order valence-corrected chi connectivity index (χ0v) is 16.4. The monoisotopic (exact) mass is 356 g/mol. The molecule has 0 aliphatic rings. The van der Waals surface area contributed by atoms with E-state index in [1.165, 1.54) is 32.1 Å². The van der Waals surface area contributed by atoms with Crippen molar-refractivity contribution in [3.63, 3.8) is 0 Å². The lowest BCUT2D eigenvalue weighted by Crippen LogP contribution is -2.44. The summed E-state index contributed by atoms with van der Waals surface area (Å²) in [7, 11) is 0. The fourth-order valence-electron chi connectivity index (χ4n) is 2.91. The van der Waals surface area contributed by atoms with Crippen LogP contribution >= 0.6 is 0 Å². The Hall–Kier alpha value is -2.15. The van der Waals surface area contributed by atoms with Crippen LogP contribution in [0.25, 0.3) is 0 Å². The zero-order valence-electron chi connectivity index (χ0n) is 16.4. The molecule has 4 nitrogen and oxygen atoms in total. The molecule has 0 spiro atoms. The molecule has 0 radical (unpaired) electrons. The quantitative estimate of drug-likeness (QED) is 0.422. The van der Waals surface area contributed by atoms with Crippen LogP contribution in [0.3, 0.4) is 0 Å². The van der Waals surface area contributed by atoms with Crippen molar-refractivity contribution < 1.29 is 9.59 Å². The maximum Gasteiger partial charge on any atom is 0.220 e. The van der Waals surface area contributed by atoms with Crippen molar-refractivity contribution in [1.82, 2.24) is 5.32 Å². The highest BCUT2D eigenvalue weighted by Gasteiger charge is 2.25. The average Bonchev–Trinajstić information content (AvgIpc) is 2.64. The number of nitriles is 1. The lowest BCUT2D eigenvalue weighted by atomic mass is 9.94. The summed E-state index contributed by atoms with van der Waals surface area (Å²) in [6, 6.07) is 8.08. The number of amides is 1. The fourth-order valence-corrected chi connectivity index (χ4v) is 2.91. The van der Waals surface area contributed by atoms with Crippen LogP contribution in [0, 0.1) is 17.2 Å². The standard InChI is InChI=1S/C22H32N2O2/c1-4-5-6-7-8-9-10-11-20(25)24-21(17(2)3)22(26)19-14-12-18(16-23)13-15-19/h12-15,17,21H,4-11H2,1-3H3,(H,24,25). The Morgan fingerprint density at radius 3 is 2.12 bits per heavy atom. The highest BCUT2D eigenvalue weighted by Crippen LogP contribution is 2.13. The first-order valence-electron chi connectivity index (χ1n) is 9.83. The Morgan fingerprint density at radius 2 is 1.58 bits per heavy atom. The lowest BCUT2D eigenvalue weighted by Gasteiger charge is -2.21. The van der Waals surface area contributed by atoms with Gasteiger partial charge in [0.25, 0.3) is 0 Å². The molecule has 0 saturated heterocycles. The van der Waals surface area contributed by atoms with Crippen molar-refractivity contribution in [3.8, 4) is 6.07 Å². The molecule has 0 saturated carbocycles. The third-order valence-corrected chi connectivity index (χ3v) is 4.57. The van der Waals surface area contributed by atoms with E-state index in [1.807, 2.05) is 19.9 Å². The molecule has 1 rings (SSSR count). The van der Waals surface area contributed by atoms with Gasteiger partial charge in [-0.3, -0.25) is 9.59 Å². The van der Waals surface area contributed by atoms with Crippen molar-refractivity contribution in [2.75, 3.05) is 0 Å². The van der Waals surface area contributed by atoms with Crippen LogP contribution in [0.4, 0.5) is 0 Å². The molecule has 26 heavy (non-hydrogen) atoms. The number of Topliss-reactive ketones (excluding diaryl/α,β-unsaturated/α-hetero) is 1. The summed E-state index contributed by atoms with van der Waals surface area (Å²) in [4.78, 5) is 24.9. The number of hydrogen-bond donors (Lipinski definition) is 1. The van der Waals surface area contributed by atoms with Crippen LogP contribution in [-0.4, -0.2) is 17.7 Å². The van der Waals surface area contributed by atoms with Crippen LogP contribution in [-0.2, 0) is 4.79 Å². The second kappa shape index (κ2) is 12.2. The summed E-state index contributed by atoms with van der Waals surface area (Å²) in [6.45, 7) is 6.06. The molecular weight excluding hydrogens is 324 g/mol. The number of benzene rings is 1. The summed E-state index contributed by atoms with van der Waals surface area (Å²) >= 11 is 0. The van der Waals surface area contributed by atoms with Gasteiger partial charge >= 0.3 is 0 Å². The number of rotatable bonds is 12. The highest BCUT2D eigenvalue weighted by molar-refractivity contribution is 6.02. The van der Waals surface area contributed by atoms with E-state index < -0.39 is 6.04 Å². The summed E-state index contributed by atoms with van der Waals surface area (Å²) < 4.78 is 0. The Morgan fingerprint density at radius 1 is 1.00 bits per heavy atom. The van der Waals surface area contributed by atoms with Crippen molar-refractivity contribution in [2.45, 2.75) is 78.2 Å². The first kappa shape index (κ1) is 21.9. The Balaban J connectivity index is 2.47. The summed E-state index contributed by atoms with van der Waals surface area (Å²) in [5, 5.41) is 11.8. The van der Waals surface area contributed by atoms with Gasteiger partial charge in [0.15, 0.2) is 5.78 Å². The first-order chi connectivity index (χ1) is 12.5. The lowest BCUT2D eigenvalue weighted by molar-refractivity contribution is -0.121. The van der Waals surface area contributed by atoms with Crippen molar-refractivity contribution >= 4 is 11.7 Å². The van der Waals surface area contributed by atoms with Gasteiger partial charge in [-0.1, -0.05) is 71.4 Å². The molecule has 0 aliphatic carbocycles. The molecule has 1 amide bonds. The predicted octanol–water partition coefficient (Wildman–Crippen LogP) is 5.02. The van der Waals surface area contributed by atoms with Gasteiger partial charge in [0, 0.05) is 12.0 Å². The predicted molar refractivity (Wildman–Crippen MR) is 105 cm³/mol. The normalized spacial score (nSPS) is 11.8. The Bertz CT molecular complexity index is 600. The molecule has 0 heterocycles. The molecule has 142 valence electrons. The number of hydrogen-bond acceptors (Lipinski definition) is 3. The van der Waals surface area contributed by atoms with Crippen LogP contribution in [0.15, 0.2) is 24.3 Å². The van der Waals surface area contributed by atoms with Crippen LogP contribution < -0.4 is 5.32 Å². The Labute approximate surface area is 158 Å². The SMILES string of the molecule is CCCCCCCCCC(=O)NC(C(=O)c1ccc(C#N)cc1)C(C)C. The topological polar surface area (TPSA) is 70.0 Å². The highest BCUT2D eigenvalue weighted by atomic mass is 16.2. The largest absolute Gasteiger partial charge is 0.346 e. The molecular formula is C22H32N2O2. The number of carbonyl (C=O) groups excluding carboxylic acids is 2. The average molecular weight is 357 g/mol. The first-order valence-corrected chi connectivity index (χ1v) is 9.83. The maximum atomic E-state index is 12.7. The van der Waals surface area contributed by atoms with Crippen LogP contribution in [0.1, 0.15) is 88.1 Å². The molecule has 1 aromatic rings. The molecule has 0 aliphatic heterocycles. The van der Waals surface area contributed by atoms with E-state index >= 15 is 0 Å². The molecule has 1 N–H and O–H groups in total. The van der Waals surface area contributed by atoms with E-state index in [9.17, 15) is 9.59 Å². The summed E-state index contributed by atoms with van der Waals surface area (Å²) in [5.74, 6) is -0.146. The van der Waals surface area contributed by atoms with E-state index in [0.717, 1.165) is 12.8 Å². The van der Waals surface area contributed by atoms with Crippen molar-refractivity contribution in [1.29, 1.82) is 5.26 Å². The van der Waals surface area contributed by atoms with E-state index in [2.05, 4.69) is 12.2 Å². The van der Waals surface area contributed by atoms with Gasteiger partial charge < -0.3 is 5.32 Å². The number of unbranched alkanes of at least 4 members (excludes halogenated alkanes) is 6. The summed E-state index contributed by atoms with van der Waals surface area (Å²) in [5.41, 5.74) is 1.05. The molecule has 1 aromatic carbocycles. The molecule has 0 aromatic heterocycles. The van der Waals surface area contributed by atoms with Crippen molar-refractivity contribution in [2.24, 2.45) is 5.92 Å². The van der Waals surface area contributed by atoms with Gasteiger partial charge in [-0.15, -0.1) is 0 Å². The number of carbonyl (C=O) groups is 2. The number of nitrogens with zero attached hydrogens (tertiary/aromatic N) is 1. The minimum atomic E-state index is -0.528. The Kier molecular flexibility index (Phi) is 10.3. The van der Waals surface area contributed by atoms with Crippen LogP contribution in [0.2, 0.25) is 0 Å². The zero-order chi connectivity index (χ0) is 19.4. The van der Waals surface area contributed by atoms with E-state index in [-0.39, 0.29) is 17.6 Å². The molecule has 0 fully saturated rings. The van der Waals surface area contributed by atoms with Gasteiger partial charge in [-0.05, 0) is 24.5 Å². The molecule has 1 unspecified atom stereocenters. The smallest absolute Gasteiger partial charge is 0.220 e. The number of nitrogens with one attached hydrogen (secondary N) is 1. The second-order valence-corrected chi connectivity index (χ2v) is 7.21. The summed E-state index contributed by atoms with van der Waals surface area (Å²) in [6.07, 6.45) is 8.61. The third kappa shape index (κ3) is 7.82. The van der Waals surface area contributed by atoms with Gasteiger partial charge in [-0.2, -0.15) is 5.26 Å². The van der Waals surface area contributed by atoms with E-state index in [4.69, 9.17) is 5.26 Å². The maximum absolute atomic E-state index is 12.7. The second-order valence-electron chi connectivity index (χ2n) is 7.21. The van der Waals surface area contributed by atoms with Gasteiger partial charge in [-0.25, -0.2) is 0 Å². The van der Waals surface area contributed by atoms with Gasteiger partial charge in [0.1, 0.15) is 0 Å². The van der Waals surface area contributed by atoms with Crippen LogP contribution in [0.5, 0.6) is 0 Å². The van der Waals surface area contributed by atoms with E-state index in [0.29, 0.717) is 17.5 Å². The molecule has 1 atom stereocenters. The molecule has 0 bridgehead atoms. The van der Waals surface area contributed by atoms with Crippen molar-refractivity contribution in [3.05, 3.63) is 35.4 Å². The fraction of sp³-hybridized carbons (Fsp3) is 0.591. The third-order valence-electron chi connectivity index (χ3n) is 4.57. The van der Waals surface area contributed by atoms with Gasteiger partial charge in [0.05, 0.1) is 17.7 Å². The minimum absolute atomic E-state index is 0.0103. The molecule has 4 heteroatoms. The van der Waals surface area contributed by atoms with Gasteiger partial charge in [0.2, 0.25) is 5.91 Å². The minimum Gasteiger partial charge on any atom is -0.346 e. The van der Waals surface area contributed by atoms with E-state index in [1.54, 1.807) is 24.3 Å².